The van der Waals surface area contributed by atoms with Gasteiger partial charge in [-0.2, -0.15) is 5.10 Å². The largest absolute Gasteiger partial charge is 0.326 e. The summed E-state index contributed by atoms with van der Waals surface area (Å²) in [4.78, 5) is 41.2. The van der Waals surface area contributed by atoms with E-state index in [0.717, 1.165) is 27.2 Å². The standard InChI is InChI=1S/C22H17N5O3S/c1-27-21(30)15-5-3-2-4-14(15)19(26-27)20(29)25-22-24-17(11-31-22)13-6-8-16-12(10-13)7-9-18(28)23-16/h2-6,8,10-11H,7,9H2,1H3,(H,23,28)(H,24,25,29). The summed E-state index contributed by atoms with van der Waals surface area (Å²) in [5.41, 5.74) is 3.45. The first-order valence-corrected chi connectivity index (χ1v) is 10.5. The lowest BCUT2D eigenvalue weighted by Gasteiger charge is -2.17. The van der Waals surface area contributed by atoms with Crippen molar-refractivity contribution in [2.75, 3.05) is 10.6 Å². The van der Waals surface area contributed by atoms with Crippen LogP contribution in [0.25, 0.3) is 22.0 Å². The number of fused-ring (bicyclic) bond motifs is 2. The van der Waals surface area contributed by atoms with E-state index in [-0.39, 0.29) is 17.2 Å². The minimum Gasteiger partial charge on any atom is -0.326 e. The molecule has 3 heterocycles. The Kier molecular flexibility index (Phi) is 4.59. The van der Waals surface area contributed by atoms with Gasteiger partial charge in [-0.3, -0.25) is 19.7 Å². The van der Waals surface area contributed by atoms with E-state index in [4.69, 9.17) is 0 Å². The summed E-state index contributed by atoms with van der Waals surface area (Å²) in [6.45, 7) is 0. The van der Waals surface area contributed by atoms with Gasteiger partial charge < -0.3 is 5.32 Å². The molecular formula is C22H17N5O3S. The Morgan fingerprint density at radius 3 is 2.77 bits per heavy atom. The molecule has 31 heavy (non-hydrogen) atoms. The second-order valence-electron chi connectivity index (χ2n) is 7.24. The van der Waals surface area contributed by atoms with Crippen LogP contribution in [-0.2, 0) is 18.3 Å². The fraction of sp³-hybridized carbons (Fsp3) is 0.136. The van der Waals surface area contributed by atoms with Gasteiger partial charge in [-0.1, -0.05) is 24.3 Å². The van der Waals surface area contributed by atoms with Crippen LogP contribution in [0, 0.1) is 0 Å². The molecule has 0 saturated heterocycles. The van der Waals surface area contributed by atoms with Gasteiger partial charge in [0, 0.05) is 35.5 Å². The monoisotopic (exact) mass is 431 g/mol. The van der Waals surface area contributed by atoms with Crippen LogP contribution in [0.5, 0.6) is 0 Å². The van der Waals surface area contributed by atoms with E-state index in [0.29, 0.717) is 28.7 Å². The number of amides is 2. The second-order valence-corrected chi connectivity index (χ2v) is 8.09. The lowest BCUT2D eigenvalue weighted by Crippen LogP contribution is -2.25. The normalized spacial score (nSPS) is 13.0. The fourth-order valence-corrected chi connectivity index (χ4v) is 4.34. The van der Waals surface area contributed by atoms with Crippen LogP contribution in [-0.4, -0.2) is 26.6 Å². The number of carbonyl (C=O) groups excluding carboxylic acids is 2. The van der Waals surface area contributed by atoms with Crippen molar-refractivity contribution in [1.29, 1.82) is 0 Å². The molecule has 1 aliphatic heterocycles. The number of hydrogen-bond acceptors (Lipinski definition) is 6. The number of thiazole rings is 1. The number of nitrogens with zero attached hydrogens (tertiary/aromatic N) is 3. The van der Waals surface area contributed by atoms with Crippen LogP contribution in [0.1, 0.15) is 22.5 Å². The quantitative estimate of drug-likeness (QED) is 0.518. The van der Waals surface area contributed by atoms with Gasteiger partial charge in [0.25, 0.3) is 11.5 Å². The van der Waals surface area contributed by atoms with Crippen molar-refractivity contribution < 1.29 is 9.59 Å². The highest BCUT2D eigenvalue weighted by atomic mass is 32.1. The Bertz CT molecular complexity index is 1420. The SMILES string of the molecule is Cn1nc(C(=O)Nc2nc(-c3ccc4c(c3)CCC(=O)N4)cs2)c2ccccc2c1=O. The molecule has 0 radical (unpaired) electrons. The summed E-state index contributed by atoms with van der Waals surface area (Å²) in [5.74, 6) is -0.403. The molecular weight excluding hydrogens is 414 g/mol. The molecule has 4 aromatic rings. The number of aryl methyl sites for hydroxylation is 2. The third kappa shape index (κ3) is 3.49. The van der Waals surface area contributed by atoms with E-state index in [1.54, 1.807) is 24.3 Å². The van der Waals surface area contributed by atoms with Gasteiger partial charge in [-0.05, 0) is 30.2 Å². The maximum atomic E-state index is 12.9. The average molecular weight is 431 g/mol. The van der Waals surface area contributed by atoms with Crippen molar-refractivity contribution in [3.8, 4) is 11.3 Å². The molecule has 0 saturated carbocycles. The lowest BCUT2D eigenvalue weighted by molar-refractivity contribution is -0.116. The van der Waals surface area contributed by atoms with Crippen molar-refractivity contribution in [2.24, 2.45) is 7.05 Å². The van der Waals surface area contributed by atoms with Gasteiger partial charge in [-0.25, -0.2) is 9.67 Å². The Balaban J connectivity index is 1.43. The topological polar surface area (TPSA) is 106 Å². The Morgan fingerprint density at radius 2 is 1.94 bits per heavy atom. The molecule has 0 aliphatic carbocycles. The van der Waals surface area contributed by atoms with Gasteiger partial charge in [-0.15, -0.1) is 11.3 Å². The van der Waals surface area contributed by atoms with Crippen molar-refractivity contribution in [2.45, 2.75) is 12.8 Å². The predicted molar refractivity (Wildman–Crippen MR) is 119 cm³/mol. The second kappa shape index (κ2) is 7.44. The highest BCUT2D eigenvalue weighted by molar-refractivity contribution is 7.14. The summed E-state index contributed by atoms with van der Waals surface area (Å²) in [7, 11) is 1.52. The maximum Gasteiger partial charge on any atom is 0.278 e. The van der Waals surface area contributed by atoms with Crippen LogP contribution in [0.4, 0.5) is 10.8 Å². The molecule has 0 bridgehead atoms. The number of benzene rings is 2. The molecule has 9 heteroatoms. The van der Waals surface area contributed by atoms with E-state index in [2.05, 4.69) is 20.7 Å². The molecule has 2 aromatic carbocycles. The zero-order chi connectivity index (χ0) is 21.5. The molecule has 154 valence electrons. The minimum absolute atomic E-state index is 0.0263. The third-order valence-electron chi connectivity index (χ3n) is 5.19. The first kappa shape index (κ1) is 19.1. The summed E-state index contributed by atoms with van der Waals surface area (Å²) < 4.78 is 1.16. The van der Waals surface area contributed by atoms with Crippen molar-refractivity contribution >= 4 is 44.7 Å². The smallest absolute Gasteiger partial charge is 0.278 e. The van der Waals surface area contributed by atoms with E-state index >= 15 is 0 Å². The highest BCUT2D eigenvalue weighted by Crippen LogP contribution is 2.30. The summed E-state index contributed by atoms with van der Waals surface area (Å²) in [5, 5.41) is 13.0. The van der Waals surface area contributed by atoms with Crippen molar-refractivity contribution in [3.63, 3.8) is 0 Å². The molecule has 8 nitrogen and oxygen atoms in total. The van der Waals surface area contributed by atoms with Crippen LogP contribution >= 0.6 is 11.3 Å². The minimum atomic E-state index is -0.430. The molecule has 2 amide bonds. The van der Waals surface area contributed by atoms with Gasteiger partial charge in [0.05, 0.1) is 11.1 Å². The number of rotatable bonds is 3. The maximum absolute atomic E-state index is 12.9. The van der Waals surface area contributed by atoms with Crippen LogP contribution in [0.15, 0.2) is 52.6 Å². The third-order valence-corrected chi connectivity index (χ3v) is 5.95. The number of carbonyl (C=O) groups is 2. The van der Waals surface area contributed by atoms with Crippen LogP contribution in [0.3, 0.4) is 0 Å². The van der Waals surface area contributed by atoms with Crippen molar-refractivity contribution in [3.05, 3.63) is 69.5 Å². The van der Waals surface area contributed by atoms with Gasteiger partial charge in [0.2, 0.25) is 5.91 Å². The van der Waals surface area contributed by atoms with Gasteiger partial charge in [0.1, 0.15) is 0 Å². The molecule has 2 N–H and O–H groups in total. The van der Waals surface area contributed by atoms with E-state index in [9.17, 15) is 14.4 Å². The molecule has 5 rings (SSSR count). The van der Waals surface area contributed by atoms with Gasteiger partial charge in [0.15, 0.2) is 10.8 Å². The molecule has 0 atom stereocenters. The number of aromatic nitrogens is 3. The molecule has 0 fully saturated rings. The highest BCUT2D eigenvalue weighted by Gasteiger charge is 2.18. The Morgan fingerprint density at radius 1 is 1.13 bits per heavy atom. The zero-order valence-electron chi connectivity index (χ0n) is 16.5. The van der Waals surface area contributed by atoms with Gasteiger partial charge >= 0.3 is 0 Å². The Hall–Kier alpha value is -3.85. The molecule has 1 aliphatic rings. The lowest BCUT2D eigenvalue weighted by atomic mass is 9.99. The molecule has 0 unspecified atom stereocenters. The van der Waals surface area contributed by atoms with E-state index in [1.165, 1.54) is 18.4 Å². The van der Waals surface area contributed by atoms with Crippen molar-refractivity contribution in [1.82, 2.24) is 14.8 Å². The fourth-order valence-electron chi connectivity index (χ4n) is 3.63. The number of nitrogens with one attached hydrogen (secondary N) is 2. The zero-order valence-corrected chi connectivity index (χ0v) is 17.3. The molecule has 2 aromatic heterocycles. The summed E-state index contributed by atoms with van der Waals surface area (Å²) >= 11 is 1.31. The van der Waals surface area contributed by atoms with Crippen LogP contribution in [0.2, 0.25) is 0 Å². The summed E-state index contributed by atoms with van der Waals surface area (Å²) in [6.07, 6.45) is 1.16. The summed E-state index contributed by atoms with van der Waals surface area (Å²) in [6, 6.07) is 12.7. The van der Waals surface area contributed by atoms with Crippen LogP contribution < -0.4 is 16.2 Å². The number of hydrogen-bond donors (Lipinski definition) is 2. The van der Waals surface area contributed by atoms with E-state index in [1.807, 2.05) is 23.6 Å². The predicted octanol–water partition coefficient (Wildman–Crippen LogP) is 3.19. The van der Waals surface area contributed by atoms with E-state index < -0.39 is 5.91 Å². The first-order valence-electron chi connectivity index (χ1n) is 9.66. The first-order chi connectivity index (χ1) is 15.0. The molecule has 0 spiro atoms. The number of anilines is 2. The average Bonchev–Trinajstić information content (AvgIpc) is 3.24. The Labute approximate surface area is 180 Å².